The molecule has 1 aromatic rings. The number of amides is 1. The molecule has 1 saturated carbocycles. The molecule has 19 heavy (non-hydrogen) atoms. The number of hydrogen-bond acceptors (Lipinski definition) is 4. The molecule has 6 heteroatoms. The zero-order chi connectivity index (χ0) is 14.0. The lowest BCUT2D eigenvalue weighted by atomic mass is 10.1. The second-order valence-electron chi connectivity index (χ2n) is 4.76. The molecule has 5 N–H and O–H groups in total. The van der Waals surface area contributed by atoms with Gasteiger partial charge in [-0.25, -0.2) is 4.79 Å². The number of aromatic carboxylic acids is 1. The van der Waals surface area contributed by atoms with Crippen molar-refractivity contribution in [1.82, 2.24) is 5.32 Å². The van der Waals surface area contributed by atoms with Gasteiger partial charge < -0.3 is 21.5 Å². The number of nitrogens with two attached hydrogens (primary N) is 1. The van der Waals surface area contributed by atoms with Crippen LogP contribution in [0.15, 0.2) is 18.2 Å². The Kier molecular flexibility index (Phi) is 3.59. The SMILES string of the molecule is CC(Nc1ccc(C(=O)O)cc1N)C(=O)NC1CC1. The largest absolute Gasteiger partial charge is 0.478 e. The number of hydrogen-bond donors (Lipinski definition) is 4. The Labute approximate surface area is 111 Å². The lowest BCUT2D eigenvalue weighted by Gasteiger charge is -2.16. The van der Waals surface area contributed by atoms with Crippen LogP contribution in [0.2, 0.25) is 0 Å². The summed E-state index contributed by atoms with van der Waals surface area (Å²) in [6.45, 7) is 1.74. The lowest BCUT2D eigenvalue weighted by molar-refractivity contribution is -0.121. The molecule has 0 bridgehead atoms. The first-order valence-corrected chi connectivity index (χ1v) is 6.17. The van der Waals surface area contributed by atoms with Crippen LogP contribution in [0.3, 0.4) is 0 Å². The molecule has 102 valence electrons. The van der Waals surface area contributed by atoms with E-state index in [4.69, 9.17) is 10.8 Å². The molecule has 0 heterocycles. The van der Waals surface area contributed by atoms with E-state index in [0.717, 1.165) is 12.8 Å². The van der Waals surface area contributed by atoms with Gasteiger partial charge in [0.05, 0.1) is 16.9 Å². The Morgan fingerprint density at radius 3 is 2.63 bits per heavy atom. The molecular formula is C13H17N3O3. The molecule has 1 aliphatic rings. The monoisotopic (exact) mass is 263 g/mol. The van der Waals surface area contributed by atoms with Gasteiger partial charge >= 0.3 is 5.97 Å². The standard InChI is InChI=1S/C13H17N3O3/c1-7(12(17)16-9-3-4-9)15-11-5-2-8(13(18)19)6-10(11)14/h2,5-7,9,15H,3-4,14H2,1H3,(H,16,17)(H,18,19). The summed E-state index contributed by atoms with van der Waals surface area (Å²) >= 11 is 0. The molecule has 1 amide bonds. The molecule has 1 atom stereocenters. The Morgan fingerprint density at radius 1 is 1.42 bits per heavy atom. The molecule has 6 nitrogen and oxygen atoms in total. The maximum atomic E-state index is 11.8. The normalized spacial score (nSPS) is 15.6. The summed E-state index contributed by atoms with van der Waals surface area (Å²) in [5.41, 5.74) is 6.76. The fraction of sp³-hybridized carbons (Fsp3) is 0.385. The number of nitrogen functional groups attached to an aromatic ring is 1. The Hall–Kier alpha value is -2.24. The lowest BCUT2D eigenvalue weighted by Crippen LogP contribution is -2.38. The van der Waals surface area contributed by atoms with Crippen molar-refractivity contribution in [2.45, 2.75) is 31.8 Å². The number of carboxylic acids is 1. The molecule has 1 aromatic carbocycles. The van der Waals surface area contributed by atoms with Crippen LogP contribution in [0.1, 0.15) is 30.1 Å². The number of carboxylic acid groups (broad SMARTS) is 1. The van der Waals surface area contributed by atoms with Gasteiger partial charge in [-0.05, 0) is 38.0 Å². The smallest absolute Gasteiger partial charge is 0.335 e. The highest BCUT2D eigenvalue weighted by molar-refractivity contribution is 5.91. The van der Waals surface area contributed by atoms with E-state index in [-0.39, 0.29) is 11.5 Å². The Balaban J connectivity index is 2.01. The van der Waals surface area contributed by atoms with E-state index in [9.17, 15) is 9.59 Å². The summed E-state index contributed by atoms with van der Waals surface area (Å²) in [5, 5.41) is 14.7. The number of benzene rings is 1. The summed E-state index contributed by atoms with van der Waals surface area (Å²) in [7, 11) is 0. The number of carbonyl (C=O) groups excluding carboxylic acids is 1. The van der Waals surface area contributed by atoms with Crippen molar-refractivity contribution in [3.63, 3.8) is 0 Å². The average molecular weight is 263 g/mol. The van der Waals surface area contributed by atoms with Gasteiger partial charge in [-0.15, -0.1) is 0 Å². The third kappa shape index (κ3) is 3.37. The van der Waals surface area contributed by atoms with E-state index in [1.807, 2.05) is 0 Å². The van der Waals surface area contributed by atoms with Gasteiger partial charge in [-0.1, -0.05) is 0 Å². The van der Waals surface area contributed by atoms with Gasteiger partial charge in [0.15, 0.2) is 0 Å². The maximum absolute atomic E-state index is 11.8. The van der Waals surface area contributed by atoms with Crippen LogP contribution in [0.25, 0.3) is 0 Å². The Morgan fingerprint density at radius 2 is 2.11 bits per heavy atom. The van der Waals surface area contributed by atoms with E-state index in [1.165, 1.54) is 12.1 Å². The summed E-state index contributed by atoms with van der Waals surface area (Å²) in [4.78, 5) is 22.6. The van der Waals surface area contributed by atoms with Crippen LogP contribution >= 0.6 is 0 Å². The fourth-order valence-corrected chi connectivity index (χ4v) is 1.68. The van der Waals surface area contributed by atoms with Gasteiger partial charge in [0.25, 0.3) is 0 Å². The topological polar surface area (TPSA) is 104 Å². The van der Waals surface area contributed by atoms with E-state index in [1.54, 1.807) is 13.0 Å². The highest BCUT2D eigenvalue weighted by Crippen LogP contribution is 2.22. The number of anilines is 2. The number of carbonyl (C=O) groups is 2. The van der Waals surface area contributed by atoms with E-state index in [0.29, 0.717) is 17.4 Å². The minimum Gasteiger partial charge on any atom is -0.478 e. The van der Waals surface area contributed by atoms with Crippen LogP contribution in [0.4, 0.5) is 11.4 Å². The van der Waals surface area contributed by atoms with Gasteiger partial charge in [0, 0.05) is 6.04 Å². The zero-order valence-corrected chi connectivity index (χ0v) is 10.6. The molecule has 0 spiro atoms. The maximum Gasteiger partial charge on any atom is 0.335 e. The second-order valence-corrected chi connectivity index (χ2v) is 4.76. The highest BCUT2D eigenvalue weighted by atomic mass is 16.4. The average Bonchev–Trinajstić information content (AvgIpc) is 3.15. The van der Waals surface area contributed by atoms with Crippen LogP contribution < -0.4 is 16.4 Å². The van der Waals surface area contributed by atoms with Gasteiger partial charge in [0.1, 0.15) is 6.04 Å². The fourth-order valence-electron chi connectivity index (χ4n) is 1.68. The van der Waals surface area contributed by atoms with Crippen molar-refractivity contribution < 1.29 is 14.7 Å². The molecule has 1 fully saturated rings. The van der Waals surface area contributed by atoms with Crippen molar-refractivity contribution in [2.75, 3.05) is 11.1 Å². The third-order valence-electron chi connectivity index (χ3n) is 2.99. The first-order chi connectivity index (χ1) is 8.97. The summed E-state index contributed by atoms with van der Waals surface area (Å²) in [6.07, 6.45) is 2.07. The van der Waals surface area contributed by atoms with Crippen LogP contribution in [-0.4, -0.2) is 29.1 Å². The minimum atomic E-state index is -1.03. The van der Waals surface area contributed by atoms with Gasteiger partial charge in [-0.3, -0.25) is 4.79 Å². The summed E-state index contributed by atoms with van der Waals surface area (Å²) < 4.78 is 0. The van der Waals surface area contributed by atoms with Crippen LogP contribution in [-0.2, 0) is 4.79 Å². The van der Waals surface area contributed by atoms with Crippen LogP contribution in [0.5, 0.6) is 0 Å². The van der Waals surface area contributed by atoms with E-state index in [2.05, 4.69) is 10.6 Å². The molecule has 1 aliphatic carbocycles. The first-order valence-electron chi connectivity index (χ1n) is 6.17. The minimum absolute atomic E-state index is 0.0794. The van der Waals surface area contributed by atoms with Crippen molar-refractivity contribution in [3.05, 3.63) is 23.8 Å². The van der Waals surface area contributed by atoms with Gasteiger partial charge in [0.2, 0.25) is 5.91 Å². The first kappa shape index (κ1) is 13.2. The number of nitrogens with one attached hydrogen (secondary N) is 2. The Bertz CT molecular complexity index is 512. The van der Waals surface area contributed by atoms with Crippen molar-refractivity contribution in [2.24, 2.45) is 0 Å². The predicted molar refractivity (Wildman–Crippen MR) is 72.1 cm³/mol. The molecular weight excluding hydrogens is 246 g/mol. The molecule has 0 aliphatic heterocycles. The van der Waals surface area contributed by atoms with Crippen molar-refractivity contribution in [1.29, 1.82) is 0 Å². The van der Waals surface area contributed by atoms with E-state index < -0.39 is 12.0 Å². The molecule has 0 aromatic heterocycles. The number of rotatable bonds is 5. The van der Waals surface area contributed by atoms with E-state index >= 15 is 0 Å². The highest BCUT2D eigenvalue weighted by Gasteiger charge is 2.25. The molecule has 0 radical (unpaired) electrons. The molecule has 1 unspecified atom stereocenters. The third-order valence-corrected chi connectivity index (χ3v) is 2.99. The van der Waals surface area contributed by atoms with Crippen LogP contribution in [0, 0.1) is 0 Å². The predicted octanol–water partition coefficient (Wildman–Crippen LogP) is 1.05. The summed E-state index contributed by atoms with van der Waals surface area (Å²) in [5.74, 6) is -1.11. The molecule has 2 rings (SSSR count). The molecule has 0 saturated heterocycles. The second kappa shape index (κ2) is 5.17. The zero-order valence-electron chi connectivity index (χ0n) is 10.6. The van der Waals surface area contributed by atoms with Crippen molar-refractivity contribution in [3.8, 4) is 0 Å². The quantitative estimate of drug-likeness (QED) is 0.594. The van der Waals surface area contributed by atoms with Crippen molar-refractivity contribution >= 4 is 23.3 Å². The summed E-state index contributed by atoms with van der Waals surface area (Å²) in [6, 6.07) is 4.28. The van der Waals surface area contributed by atoms with Gasteiger partial charge in [-0.2, -0.15) is 0 Å².